The van der Waals surface area contributed by atoms with Crippen molar-refractivity contribution in [3.05, 3.63) is 35.9 Å². The average molecular weight is 398 g/mol. The van der Waals surface area contributed by atoms with E-state index in [1.165, 1.54) is 24.8 Å². The lowest BCUT2D eigenvalue weighted by Gasteiger charge is -2.44. The van der Waals surface area contributed by atoms with Gasteiger partial charge in [0.05, 0.1) is 0 Å². The predicted octanol–water partition coefficient (Wildman–Crippen LogP) is 3.48. The van der Waals surface area contributed by atoms with E-state index in [1.807, 2.05) is 17.9 Å². The van der Waals surface area contributed by atoms with Gasteiger partial charge in [0.1, 0.15) is 5.54 Å². The molecular formula is C24H35N3O2. The molecule has 0 spiro atoms. The normalized spacial score (nSPS) is 27.3. The van der Waals surface area contributed by atoms with Crippen LogP contribution >= 0.6 is 0 Å². The minimum Gasteiger partial charge on any atom is -0.351 e. The molecule has 1 aliphatic carbocycles. The molecule has 1 unspecified atom stereocenters. The second kappa shape index (κ2) is 8.86. The second-order valence-corrected chi connectivity index (χ2v) is 9.34. The third kappa shape index (κ3) is 4.50. The number of nitrogens with zero attached hydrogens (tertiary/aromatic N) is 2. The first-order valence-electron chi connectivity index (χ1n) is 11.5. The summed E-state index contributed by atoms with van der Waals surface area (Å²) in [5, 5.41) is 3.29. The standard InChI is InChI=1S/C24H35N3O2/c1-24(23(29)25-20-10-6-3-7-11-20)15-12-22(28)27(24)21-13-16-26(17-14-21)18-19-8-4-2-5-9-19/h2,4-5,8-9,20-21H,3,6-7,10-18H2,1H3,(H,25,29). The molecule has 3 aliphatic rings. The maximum absolute atomic E-state index is 13.2. The van der Waals surface area contributed by atoms with Crippen LogP contribution in [0.15, 0.2) is 30.3 Å². The fourth-order valence-electron chi connectivity index (χ4n) is 5.46. The van der Waals surface area contributed by atoms with Crippen molar-refractivity contribution in [1.29, 1.82) is 0 Å². The summed E-state index contributed by atoms with van der Waals surface area (Å²) in [4.78, 5) is 30.4. The molecule has 1 aromatic carbocycles. The number of carbonyl (C=O) groups is 2. The van der Waals surface area contributed by atoms with Gasteiger partial charge < -0.3 is 10.2 Å². The van der Waals surface area contributed by atoms with E-state index in [9.17, 15) is 9.59 Å². The Hall–Kier alpha value is -1.88. The van der Waals surface area contributed by atoms with Gasteiger partial charge in [0, 0.05) is 38.1 Å². The lowest BCUT2D eigenvalue weighted by atomic mass is 9.91. The Morgan fingerprint density at radius 1 is 1.07 bits per heavy atom. The van der Waals surface area contributed by atoms with Crippen LogP contribution in [0.1, 0.15) is 70.3 Å². The highest BCUT2D eigenvalue weighted by Gasteiger charge is 2.50. The molecule has 1 N–H and O–H groups in total. The lowest BCUT2D eigenvalue weighted by Crippen LogP contribution is -2.60. The summed E-state index contributed by atoms with van der Waals surface area (Å²) in [6.45, 7) is 4.90. The Kier molecular flexibility index (Phi) is 6.23. The van der Waals surface area contributed by atoms with E-state index >= 15 is 0 Å². The maximum Gasteiger partial charge on any atom is 0.245 e. The van der Waals surface area contributed by atoms with Crippen LogP contribution in [-0.2, 0) is 16.1 Å². The predicted molar refractivity (Wildman–Crippen MR) is 114 cm³/mol. The van der Waals surface area contributed by atoms with E-state index in [0.717, 1.165) is 45.3 Å². The molecule has 1 atom stereocenters. The zero-order valence-corrected chi connectivity index (χ0v) is 17.7. The third-order valence-electron chi connectivity index (χ3n) is 7.23. The molecule has 158 valence electrons. The number of likely N-dealkylation sites (tertiary alicyclic amines) is 2. The van der Waals surface area contributed by atoms with Crippen molar-refractivity contribution in [3.8, 4) is 0 Å². The number of piperidine rings is 1. The second-order valence-electron chi connectivity index (χ2n) is 9.34. The van der Waals surface area contributed by atoms with Gasteiger partial charge in [0.15, 0.2) is 0 Å². The van der Waals surface area contributed by atoms with Gasteiger partial charge in [-0.05, 0) is 44.6 Å². The van der Waals surface area contributed by atoms with Gasteiger partial charge in [-0.15, -0.1) is 0 Å². The molecule has 0 aromatic heterocycles. The van der Waals surface area contributed by atoms with Gasteiger partial charge >= 0.3 is 0 Å². The molecule has 2 saturated heterocycles. The number of hydrogen-bond donors (Lipinski definition) is 1. The van der Waals surface area contributed by atoms with E-state index in [4.69, 9.17) is 0 Å². The minimum atomic E-state index is -0.680. The largest absolute Gasteiger partial charge is 0.351 e. The number of carbonyl (C=O) groups excluding carboxylic acids is 2. The number of benzene rings is 1. The average Bonchev–Trinajstić information content (AvgIpc) is 3.06. The van der Waals surface area contributed by atoms with Crippen LogP contribution in [-0.4, -0.2) is 52.3 Å². The van der Waals surface area contributed by atoms with Crippen molar-refractivity contribution >= 4 is 11.8 Å². The molecule has 4 rings (SSSR count). The first-order valence-corrected chi connectivity index (χ1v) is 11.5. The minimum absolute atomic E-state index is 0.0713. The van der Waals surface area contributed by atoms with Crippen LogP contribution in [0, 0.1) is 0 Å². The van der Waals surface area contributed by atoms with Crippen molar-refractivity contribution in [2.75, 3.05) is 13.1 Å². The van der Waals surface area contributed by atoms with Gasteiger partial charge in [-0.25, -0.2) is 0 Å². The van der Waals surface area contributed by atoms with Crippen LogP contribution in [0.2, 0.25) is 0 Å². The summed E-state index contributed by atoms with van der Waals surface area (Å²) in [5.74, 6) is 0.231. The lowest BCUT2D eigenvalue weighted by molar-refractivity contribution is -0.145. The summed E-state index contributed by atoms with van der Waals surface area (Å²) in [7, 11) is 0. The summed E-state index contributed by atoms with van der Waals surface area (Å²) in [5.41, 5.74) is 0.653. The van der Waals surface area contributed by atoms with E-state index < -0.39 is 5.54 Å². The summed E-state index contributed by atoms with van der Waals surface area (Å²) in [6, 6.07) is 11.0. The van der Waals surface area contributed by atoms with E-state index in [0.29, 0.717) is 18.9 Å². The highest BCUT2D eigenvalue weighted by atomic mass is 16.2. The molecule has 5 nitrogen and oxygen atoms in total. The number of rotatable bonds is 5. The Bertz CT molecular complexity index is 708. The maximum atomic E-state index is 13.2. The molecule has 2 amide bonds. The quantitative estimate of drug-likeness (QED) is 0.828. The molecule has 3 fully saturated rings. The van der Waals surface area contributed by atoms with Crippen LogP contribution in [0.5, 0.6) is 0 Å². The van der Waals surface area contributed by atoms with Crippen LogP contribution < -0.4 is 5.32 Å². The molecular weight excluding hydrogens is 362 g/mol. The summed E-state index contributed by atoms with van der Waals surface area (Å²) >= 11 is 0. The van der Waals surface area contributed by atoms with Gasteiger partial charge in [0.2, 0.25) is 11.8 Å². The highest BCUT2D eigenvalue weighted by molar-refractivity contribution is 5.94. The third-order valence-corrected chi connectivity index (χ3v) is 7.23. The zero-order valence-electron chi connectivity index (χ0n) is 17.7. The van der Waals surface area contributed by atoms with Crippen LogP contribution in [0.25, 0.3) is 0 Å². The van der Waals surface area contributed by atoms with Crippen molar-refractivity contribution in [2.24, 2.45) is 0 Å². The Morgan fingerprint density at radius 2 is 1.76 bits per heavy atom. The van der Waals surface area contributed by atoms with Crippen molar-refractivity contribution in [2.45, 2.75) is 88.9 Å². The molecule has 5 heteroatoms. The zero-order chi connectivity index (χ0) is 20.3. The Morgan fingerprint density at radius 3 is 2.45 bits per heavy atom. The Labute approximate surface area is 174 Å². The number of nitrogens with one attached hydrogen (secondary N) is 1. The molecule has 0 radical (unpaired) electrons. The van der Waals surface area contributed by atoms with Gasteiger partial charge in [-0.1, -0.05) is 49.6 Å². The molecule has 2 heterocycles. The SMILES string of the molecule is CC1(C(=O)NC2CCCCC2)CCC(=O)N1C1CCN(Cc2ccccc2)CC1. The summed E-state index contributed by atoms with van der Waals surface area (Å²) < 4.78 is 0. The molecule has 1 aromatic rings. The molecule has 1 saturated carbocycles. The monoisotopic (exact) mass is 397 g/mol. The first-order chi connectivity index (χ1) is 14.1. The first kappa shape index (κ1) is 20.4. The fourth-order valence-corrected chi connectivity index (χ4v) is 5.46. The van der Waals surface area contributed by atoms with Crippen LogP contribution in [0.4, 0.5) is 0 Å². The fraction of sp³-hybridized carbons (Fsp3) is 0.667. The molecule has 2 aliphatic heterocycles. The van der Waals surface area contributed by atoms with Gasteiger partial charge in [-0.3, -0.25) is 14.5 Å². The molecule has 29 heavy (non-hydrogen) atoms. The van der Waals surface area contributed by atoms with E-state index in [1.54, 1.807) is 0 Å². The van der Waals surface area contributed by atoms with Crippen molar-refractivity contribution in [1.82, 2.24) is 15.1 Å². The number of amides is 2. The molecule has 0 bridgehead atoms. The van der Waals surface area contributed by atoms with Gasteiger partial charge in [0.25, 0.3) is 0 Å². The Balaban J connectivity index is 1.37. The van der Waals surface area contributed by atoms with E-state index in [-0.39, 0.29) is 17.9 Å². The summed E-state index contributed by atoms with van der Waals surface area (Å²) in [6.07, 6.45) is 8.87. The number of hydrogen-bond acceptors (Lipinski definition) is 3. The smallest absolute Gasteiger partial charge is 0.245 e. The van der Waals surface area contributed by atoms with Gasteiger partial charge in [-0.2, -0.15) is 0 Å². The van der Waals surface area contributed by atoms with E-state index in [2.05, 4.69) is 34.5 Å². The van der Waals surface area contributed by atoms with Crippen LogP contribution in [0.3, 0.4) is 0 Å². The topological polar surface area (TPSA) is 52.7 Å². The van der Waals surface area contributed by atoms with Crippen molar-refractivity contribution in [3.63, 3.8) is 0 Å². The van der Waals surface area contributed by atoms with Crippen molar-refractivity contribution < 1.29 is 9.59 Å². The highest BCUT2D eigenvalue weighted by Crippen LogP contribution is 2.36.